The lowest BCUT2D eigenvalue weighted by Gasteiger charge is -2.28. The van der Waals surface area contributed by atoms with Crippen LogP contribution in [0, 0.1) is 0 Å². The second kappa shape index (κ2) is 32.0. The maximum absolute atomic E-state index is 14.7. The first-order valence-electron chi connectivity index (χ1n) is 26.5. The fraction of sp³-hybridized carbons (Fsp3) is 0.426. The summed E-state index contributed by atoms with van der Waals surface area (Å²) in [6.07, 6.45) is 1.39. The quantitative estimate of drug-likeness (QED) is 0.0242. The fourth-order valence-corrected chi connectivity index (χ4v) is 8.88. The van der Waals surface area contributed by atoms with E-state index in [-0.39, 0.29) is 109 Å². The average molecular weight is 1110 g/mol. The summed E-state index contributed by atoms with van der Waals surface area (Å²) in [6, 6.07) is 15.0. The molecule has 1 fully saturated rings. The molecular formula is C54H75N17O9. The highest BCUT2D eigenvalue weighted by Gasteiger charge is 2.35. The summed E-state index contributed by atoms with van der Waals surface area (Å²) in [5.74, 6) is -7.61. The van der Waals surface area contributed by atoms with E-state index in [9.17, 15) is 43.2 Å². The molecule has 430 valence electrons. The molecule has 0 bridgehead atoms. The number of nitrogens with zero attached hydrogens (tertiary/aromatic N) is 2. The van der Waals surface area contributed by atoms with Crippen LogP contribution in [0.25, 0.3) is 10.9 Å². The predicted octanol–water partition coefficient (Wildman–Crippen LogP) is -2.78. The Kier molecular flexibility index (Phi) is 24.7. The van der Waals surface area contributed by atoms with E-state index in [1.807, 2.05) is 24.3 Å². The van der Waals surface area contributed by atoms with Crippen LogP contribution >= 0.6 is 0 Å². The van der Waals surface area contributed by atoms with Gasteiger partial charge in [0.05, 0.1) is 12.8 Å². The van der Waals surface area contributed by atoms with E-state index < -0.39 is 102 Å². The number of carbonyl (C=O) groups is 9. The zero-order chi connectivity index (χ0) is 58.0. The molecule has 21 N–H and O–H groups in total. The van der Waals surface area contributed by atoms with E-state index in [2.05, 4.69) is 57.5 Å². The fourth-order valence-electron chi connectivity index (χ4n) is 8.88. The van der Waals surface area contributed by atoms with Gasteiger partial charge in [-0.3, -0.25) is 53.1 Å². The van der Waals surface area contributed by atoms with Crippen molar-refractivity contribution in [3.8, 4) is 0 Å². The number of hydrogen-bond donors (Lipinski definition) is 15. The highest BCUT2D eigenvalue weighted by atomic mass is 16.2. The molecule has 1 aliphatic rings. The summed E-state index contributed by atoms with van der Waals surface area (Å²) in [4.78, 5) is 138. The normalized spacial score (nSPS) is 20.5. The van der Waals surface area contributed by atoms with Crippen molar-refractivity contribution in [3.63, 3.8) is 0 Å². The number of guanidine groups is 2. The van der Waals surface area contributed by atoms with E-state index in [0.717, 1.165) is 10.9 Å². The SMILES string of the molecule is NCC[C@@H]1NC(=O)[C@@H](NC(=O)[C@H](CCCN=C(N)N)NC(=O)Cc2ccccc2)CC(=O)NCCCC[C@@H](C(N)=O)NC(=O)[C@H](Cc2c[nH]c3ccccc23)NC(=O)[C@H](CCCN=C(N)N)NC(=O)[C@@H](Cc2ccccc2)NC1=O. The van der Waals surface area contributed by atoms with E-state index >= 15 is 0 Å². The number of nitrogens with two attached hydrogens (primary N) is 6. The smallest absolute Gasteiger partial charge is 0.243 e. The van der Waals surface area contributed by atoms with Gasteiger partial charge in [-0.15, -0.1) is 0 Å². The van der Waals surface area contributed by atoms with Gasteiger partial charge in [-0.05, 0) is 80.7 Å². The highest BCUT2D eigenvalue weighted by Crippen LogP contribution is 2.20. The number of aromatic amines is 1. The minimum absolute atomic E-state index is 0.00301. The summed E-state index contributed by atoms with van der Waals surface area (Å²) >= 11 is 0. The Balaban J connectivity index is 1.50. The predicted molar refractivity (Wildman–Crippen MR) is 300 cm³/mol. The zero-order valence-electron chi connectivity index (χ0n) is 44.5. The number of aliphatic imine (C=N–C) groups is 2. The summed E-state index contributed by atoms with van der Waals surface area (Å²) in [5.41, 5.74) is 36.7. The van der Waals surface area contributed by atoms with Crippen LogP contribution in [0.4, 0.5) is 0 Å². The molecule has 4 aromatic rings. The molecule has 0 saturated carbocycles. The molecular weight excluding hydrogens is 1030 g/mol. The summed E-state index contributed by atoms with van der Waals surface area (Å²) < 4.78 is 0. The van der Waals surface area contributed by atoms with Gasteiger partial charge in [0.25, 0.3) is 0 Å². The van der Waals surface area contributed by atoms with Crippen LogP contribution in [-0.2, 0) is 62.4 Å². The van der Waals surface area contributed by atoms with Gasteiger partial charge in [-0.1, -0.05) is 78.9 Å². The number of H-pyrrole nitrogens is 1. The number of primary amides is 1. The van der Waals surface area contributed by atoms with Gasteiger partial charge >= 0.3 is 0 Å². The Bertz CT molecular complexity index is 2800. The third kappa shape index (κ3) is 20.7. The van der Waals surface area contributed by atoms with Crippen molar-refractivity contribution in [1.82, 2.24) is 47.5 Å². The van der Waals surface area contributed by atoms with Crippen molar-refractivity contribution in [2.75, 3.05) is 26.2 Å². The van der Waals surface area contributed by atoms with E-state index in [1.165, 1.54) is 0 Å². The molecule has 3 aromatic carbocycles. The molecule has 7 atom stereocenters. The van der Waals surface area contributed by atoms with Crippen molar-refractivity contribution in [3.05, 3.63) is 108 Å². The van der Waals surface area contributed by atoms with Gasteiger partial charge in [0, 0.05) is 49.6 Å². The molecule has 0 aliphatic carbocycles. The molecule has 1 aliphatic heterocycles. The largest absolute Gasteiger partial charge is 0.370 e. The average Bonchev–Trinajstić information content (AvgIpc) is 3.84. The van der Waals surface area contributed by atoms with Crippen molar-refractivity contribution in [2.24, 2.45) is 44.4 Å². The second-order valence-electron chi connectivity index (χ2n) is 19.3. The van der Waals surface area contributed by atoms with Gasteiger partial charge < -0.3 is 81.9 Å². The Morgan fingerprint density at radius 1 is 0.625 bits per heavy atom. The van der Waals surface area contributed by atoms with Gasteiger partial charge in [0.2, 0.25) is 53.2 Å². The molecule has 26 heteroatoms. The van der Waals surface area contributed by atoms with Crippen molar-refractivity contribution < 1.29 is 43.2 Å². The highest BCUT2D eigenvalue weighted by molar-refractivity contribution is 5.99. The molecule has 1 saturated heterocycles. The van der Waals surface area contributed by atoms with Crippen LogP contribution in [0.15, 0.2) is 101 Å². The number of rotatable bonds is 20. The first kappa shape index (κ1) is 61.8. The van der Waals surface area contributed by atoms with Gasteiger partial charge in [-0.2, -0.15) is 0 Å². The van der Waals surface area contributed by atoms with Gasteiger partial charge in [-0.25, -0.2) is 0 Å². The van der Waals surface area contributed by atoms with Crippen LogP contribution in [-0.4, -0.2) is 139 Å². The van der Waals surface area contributed by atoms with Crippen molar-refractivity contribution in [1.29, 1.82) is 0 Å². The Morgan fingerprint density at radius 2 is 1.19 bits per heavy atom. The lowest BCUT2D eigenvalue weighted by atomic mass is 10.0. The summed E-state index contributed by atoms with van der Waals surface area (Å²) in [6.45, 7) is 0.00406. The van der Waals surface area contributed by atoms with Gasteiger partial charge in [0.1, 0.15) is 42.3 Å². The van der Waals surface area contributed by atoms with Crippen LogP contribution < -0.4 is 76.9 Å². The molecule has 0 unspecified atom stereocenters. The summed E-state index contributed by atoms with van der Waals surface area (Å²) in [7, 11) is 0. The molecule has 1 aromatic heterocycles. The third-order valence-corrected chi connectivity index (χ3v) is 13.0. The Labute approximate surface area is 463 Å². The minimum atomic E-state index is -1.66. The Morgan fingerprint density at radius 3 is 1.84 bits per heavy atom. The standard InChI is InChI=1S/C54H75N17O9/c55-23-22-40-49(77)69-41(27-32-13-3-1-4-14-32)50(78)67-39(21-12-26-63-54(59)60)48(76)70-42(29-34-31-64-36-18-8-7-17-35(34)36)51(79)66-37(46(56)74)19-9-10-24-61-44(72)30-43(52(80)68-40)71-47(75)38(20-11-25-62-53(57)58)65-45(73)28-33-15-5-2-6-16-33/h1-8,13-18,31,37-43,64H,9-12,19-30,55H2,(H2,56,74)(H,61,72)(H,65,73)(H,66,79)(H,67,78)(H,68,80)(H,69,77)(H,70,76)(H,71,75)(H4,57,58,62)(H4,59,60,63)/t37-,38-,39-,40-,41+,42-,43-/m0/s1. The number of hydrogen-bond acceptors (Lipinski definition) is 12. The van der Waals surface area contributed by atoms with Crippen molar-refractivity contribution >= 4 is 76.0 Å². The van der Waals surface area contributed by atoms with Crippen LogP contribution in [0.1, 0.15) is 74.5 Å². The van der Waals surface area contributed by atoms with Crippen LogP contribution in [0.3, 0.4) is 0 Å². The topological polar surface area (TPSA) is 446 Å². The van der Waals surface area contributed by atoms with E-state index in [0.29, 0.717) is 16.7 Å². The summed E-state index contributed by atoms with van der Waals surface area (Å²) in [5, 5.41) is 22.3. The van der Waals surface area contributed by atoms with Crippen LogP contribution in [0.2, 0.25) is 0 Å². The molecule has 0 spiro atoms. The number of fused-ring (bicyclic) bond motifs is 1. The number of nitrogens with one attached hydrogen (secondary N) is 9. The lowest BCUT2D eigenvalue weighted by Crippen LogP contribution is -2.61. The van der Waals surface area contributed by atoms with Crippen LogP contribution in [0.5, 0.6) is 0 Å². The number of aromatic nitrogens is 1. The second-order valence-corrected chi connectivity index (χ2v) is 19.3. The minimum Gasteiger partial charge on any atom is -0.370 e. The lowest BCUT2D eigenvalue weighted by molar-refractivity contribution is -0.136. The molecule has 26 nitrogen and oxygen atoms in total. The molecule has 9 amide bonds. The zero-order valence-corrected chi connectivity index (χ0v) is 44.5. The molecule has 80 heavy (non-hydrogen) atoms. The first-order valence-corrected chi connectivity index (χ1v) is 26.5. The Hall–Kier alpha value is -9.07. The molecule has 0 radical (unpaired) electrons. The number of carbonyl (C=O) groups excluding carboxylic acids is 9. The number of benzene rings is 3. The number of para-hydroxylation sites is 1. The monoisotopic (exact) mass is 1110 g/mol. The van der Waals surface area contributed by atoms with E-state index in [1.54, 1.807) is 66.9 Å². The van der Waals surface area contributed by atoms with Crippen molar-refractivity contribution in [2.45, 2.75) is 119 Å². The number of amides is 9. The molecule has 2 heterocycles. The third-order valence-electron chi connectivity index (χ3n) is 13.0. The van der Waals surface area contributed by atoms with Gasteiger partial charge in [0.15, 0.2) is 11.9 Å². The van der Waals surface area contributed by atoms with E-state index in [4.69, 9.17) is 34.4 Å². The molecule has 5 rings (SSSR count). The first-order chi connectivity index (χ1) is 38.4. The maximum Gasteiger partial charge on any atom is 0.243 e. The maximum atomic E-state index is 14.7.